The Hall–Kier alpha value is -1.17. The summed E-state index contributed by atoms with van der Waals surface area (Å²) in [6, 6.07) is 2.41. The number of hydrogen-bond acceptors (Lipinski definition) is 5. The molecule has 0 radical (unpaired) electrons. The first-order valence-corrected chi connectivity index (χ1v) is 6.03. The van der Waals surface area contributed by atoms with Crippen LogP contribution in [0.2, 0.25) is 5.02 Å². The molecule has 1 aromatic rings. The van der Waals surface area contributed by atoms with Gasteiger partial charge in [0.05, 0.1) is 24.7 Å². The molecule has 114 valence electrons. The molecule has 0 spiro atoms. The first kappa shape index (κ1) is 18.8. The van der Waals surface area contributed by atoms with Crippen molar-refractivity contribution in [3.63, 3.8) is 0 Å². The molecule has 5 nitrogen and oxygen atoms in total. The number of methoxy groups -OCH3 is 2. The summed E-state index contributed by atoms with van der Waals surface area (Å²) in [6.45, 7) is 3.35. The van der Waals surface area contributed by atoms with E-state index in [0.717, 1.165) is 0 Å². The maximum absolute atomic E-state index is 11.7. The van der Waals surface area contributed by atoms with E-state index in [1.165, 1.54) is 20.3 Å². The van der Waals surface area contributed by atoms with E-state index in [2.05, 4.69) is 0 Å². The van der Waals surface area contributed by atoms with E-state index in [1.807, 2.05) is 0 Å². The van der Waals surface area contributed by atoms with Crippen molar-refractivity contribution in [1.29, 1.82) is 0 Å². The molecule has 0 saturated heterocycles. The standard InChI is InChI=1S/C13H18ClNO4.ClH/c1-13(2,12(17)19-4)11(15)7-5-8(14)10(16)9(6-7)18-3;/h5-6,11,16H,15H2,1-4H3;1H/t11-;/m1./s1. The van der Waals surface area contributed by atoms with Gasteiger partial charge in [-0.15, -0.1) is 12.4 Å². The van der Waals surface area contributed by atoms with Crippen molar-refractivity contribution in [2.75, 3.05) is 14.2 Å². The summed E-state index contributed by atoms with van der Waals surface area (Å²) >= 11 is 5.90. The third-order valence-electron chi connectivity index (χ3n) is 3.12. The third-order valence-corrected chi connectivity index (χ3v) is 3.41. The van der Waals surface area contributed by atoms with E-state index in [9.17, 15) is 9.90 Å². The number of benzene rings is 1. The van der Waals surface area contributed by atoms with Crippen LogP contribution in [0.15, 0.2) is 12.1 Å². The molecule has 0 aliphatic carbocycles. The van der Waals surface area contributed by atoms with Crippen molar-refractivity contribution in [2.45, 2.75) is 19.9 Å². The molecule has 0 aliphatic rings. The summed E-state index contributed by atoms with van der Waals surface area (Å²) in [5, 5.41) is 9.79. The predicted molar refractivity (Wildman–Crippen MR) is 79.6 cm³/mol. The number of carbonyl (C=O) groups excluding carboxylic acids is 1. The van der Waals surface area contributed by atoms with Crippen LogP contribution >= 0.6 is 24.0 Å². The maximum atomic E-state index is 11.7. The average Bonchev–Trinajstić information content (AvgIpc) is 2.39. The van der Waals surface area contributed by atoms with Crippen LogP contribution in [0.5, 0.6) is 11.5 Å². The second-order valence-corrected chi connectivity index (χ2v) is 5.15. The molecular weight excluding hydrogens is 305 g/mol. The minimum Gasteiger partial charge on any atom is -0.503 e. The minimum atomic E-state index is -0.930. The number of phenols is 1. The van der Waals surface area contributed by atoms with Gasteiger partial charge in [-0.3, -0.25) is 4.79 Å². The van der Waals surface area contributed by atoms with Crippen molar-refractivity contribution in [1.82, 2.24) is 0 Å². The van der Waals surface area contributed by atoms with Gasteiger partial charge in [-0.25, -0.2) is 0 Å². The second kappa shape index (κ2) is 7.02. The zero-order valence-electron chi connectivity index (χ0n) is 11.8. The van der Waals surface area contributed by atoms with Gasteiger partial charge in [0.1, 0.15) is 0 Å². The lowest BCUT2D eigenvalue weighted by Gasteiger charge is -2.29. The van der Waals surface area contributed by atoms with Gasteiger partial charge in [0.25, 0.3) is 0 Å². The fourth-order valence-corrected chi connectivity index (χ4v) is 1.95. The number of carbonyl (C=O) groups is 1. The van der Waals surface area contributed by atoms with Crippen LogP contribution in [0.25, 0.3) is 0 Å². The fraction of sp³-hybridized carbons (Fsp3) is 0.462. The number of esters is 1. The number of phenolic OH excluding ortho intramolecular Hbond substituents is 1. The molecule has 7 heteroatoms. The topological polar surface area (TPSA) is 81.8 Å². The van der Waals surface area contributed by atoms with Crippen molar-refractivity contribution in [3.8, 4) is 11.5 Å². The summed E-state index contributed by atoms with van der Waals surface area (Å²) in [4.78, 5) is 11.7. The lowest BCUT2D eigenvalue weighted by Crippen LogP contribution is -2.37. The van der Waals surface area contributed by atoms with E-state index in [4.69, 9.17) is 26.8 Å². The maximum Gasteiger partial charge on any atom is 0.313 e. The molecule has 0 saturated carbocycles. The summed E-state index contributed by atoms with van der Waals surface area (Å²) in [5.74, 6) is -0.377. The predicted octanol–water partition coefficient (Wildman–Crippen LogP) is 2.68. The molecule has 1 atom stereocenters. The molecule has 0 fully saturated rings. The highest BCUT2D eigenvalue weighted by Crippen LogP contribution is 2.40. The highest BCUT2D eigenvalue weighted by molar-refractivity contribution is 6.32. The summed E-state index contributed by atoms with van der Waals surface area (Å²) in [6.07, 6.45) is 0. The van der Waals surface area contributed by atoms with Gasteiger partial charge in [-0.1, -0.05) is 11.6 Å². The normalized spacial score (nSPS) is 12.3. The largest absolute Gasteiger partial charge is 0.503 e. The van der Waals surface area contributed by atoms with Gasteiger partial charge in [-0.2, -0.15) is 0 Å². The van der Waals surface area contributed by atoms with Crippen LogP contribution in [-0.4, -0.2) is 25.3 Å². The number of nitrogens with two attached hydrogens (primary N) is 1. The first-order valence-electron chi connectivity index (χ1n) is 5.66. The summed E-state index contributed by atoms with van der Waals surface area (Å²) in [7, 11) is 2.72. The Balaban J connectivity index is 0.00000361. The Morgan fingerprint density at radius 1 is 1.40 bits per heavy atom. The minimum absolute atomic E-state index is 0. The quantitative estimate of drug-likeness (QED) is 0.832. The monoisotopic (exact) mass is 323 g/mol. The number of ether oxygens (including phenoxy) is 2. The Kier molecular flexibility index (Phi) is 6.61. The summed E-state index contributed by atoms with van der Waals surface area (Å²) < 4.78 is 9.75. The van der Waals surface area contributed by atoms with Crippen molar-refractivity contribution in [2.24, 2.45) is 11.1 Å². The van der Waals surface area contributed by atoms with Crippen LogP contribution in [0.1, 0.15) is 25.5 Å². The van der Waals surface area contributed by atoms with E-state index in [0.29, 0.717) is 5.56 Å². The smallest absolute Gasteiger partial charge is 0.313 e. The van der Waals surface area contributed by atoms with Crippen LogP contribution in [0.3, 0.4) is 0 Å². The molecule has 1 rings (SSSR count). The first-order chi connectivity index (χ1) is 8.75. The highest BCUT2D eigenvalue weighted by atomic mass is 35.5. The van der Waals surface area contributed by atoms with Crippen molar-refractivity contribution < 1.29 is 19.4 Å². The van der Waals surface area contributed by atoms with Gasteiger partial charge < -0.3 is 20.3 Å². The van der Waals surface area contributed by atoms with Crippen LogP contribution in [0.4, 0.5) is 0 Å². The van der Waals surface area contributed by atoms with Crippen LogP contribution in [-0.2, 0) is 9.53 Å². The molecule has 1 aromatic carbocycles. The van der Waals surface area contributed by atoms with Gasteiger partial charge in [0.2, 0.25) is 0 Å². The number of aromatic hydroxyl groups is 1. The second-order valence-electron chi connectivity index (χ2n) is 4.74. The van der Waals surface area contributed by atoms with Gasteiger partial charge in [0.15, 0.2) is 11.5 Å². The molecule has 0 aromatic heterocycles. The van der Waals surface area contributed by atoms with Gasteiger partial charge in [0, 0.05) is 6.04 Å². The van der Waals surface area contributed by atoms with Crippen LogP contribution < -0.4 is 10.5 Å². The fourth-order valence-electron chi connectivity index (χ4n) is 1.74. The molecular formula is C13H19Cl2NO4. The van der Waals surface area contributed by atoms with Crippen LogP contribution in [0, 0.1) is 5.41 Å². The molecule has 0 aliphatic heterocycles. The molecule has 0 amide bonds. The van der Waals surface area contributed by atoms with Gasteiger partial charge in [-0.05, 0) is 31.5 Å². The Morgan fingerprint density at radius 3 is 2.40 bits per heavy atom. The Labute approximate surface area is 129 Å². The molecule has 20 heavy (non-hydrogen) atoms. The molecule has 0 heterocycles. The number of hydrogen-bond donors (Lipinski definition) is 2. The van der Waals surface area contributed by atoms with E-state index in [1.54, 1.807) is 19.9 Å². The number of rotatable bonds is 4. The number of halogens is 2. The Bertz CT molecular complexity index is 492. The molecule has 3 N–H and O–H groups in total. The third kappa shape index (κ3) is 3.48. The molecule has 0 bridgehead atoms. The van der Waals surface area contributed by atoms with Crippen molar-refractivity contribution in [3.05, 3.63) is 22.7 Å². The van der Waals surface area contributed by atoms with Gasteiger partial charge >= 0.3 is 5.97 Å². The van der Waals surface area contributed by atoms with Crippen molar-refractivity contribution >= 4 is 30.0 Å². The van der Waals surface area contributed by atoms with E-state index >= 15 is 0 Å². The average molecular weight is 324 g/mol. The molecule has 0 unspecified atom stereocenters. The summed E-state index contributed by atoms with van der Waals surface area (Å²) in [5.41, 5.74) is 5.74. The lowest BCUT2D eigenvalue weighted by atomic mass is 9.81. The van der Waals surface area contributed by atoms with E-state index < -0.39 is 17.4 Å². The zero-order chi connectivity index (χ0) is 14.8. The zero-order valence-corrected chi connectivity index (χ0v) is 13.3. The van der Waals surface area contributed by atoms with E-state index in [-0.39, 0.29) is 28.9 Å². The lowest BCUT2D eigenvalue weighted by molar-refractivity contribution is -0.152. The Morgan fingerprint density at radius 2 is 1.95 bits per heavy atom. The highest BCUT2D eigenvalue weighted by Gasteiger charge is 2.37. The SMILES string of the molecule is COC(=O)C(C)(C)[C@H](N)c1cc(Cl)c(O)c(OC)c1.Cl.